The Morgan fingerprint density at radius 1 is 1.45 bits per heavy atom. The SMILES string of the molecule is Cc1cc(C)c(C(N)=S)c(N(C)Cc2cc(Br)cs2)n1. The minimum Gasteiger partial charge on any atom is -0.389 e. The number of pyridine rings is 1. The van der Waals surface area contributed by atoms with E-state index in [2.05, 4.69) is 37.3 Å². The van der Waals surface area contributed by atoms with Crippen LogP contribution in [-0.4, -0.2) is 17.0 Å². The van der Waals surface area contributed by atoms with Crippen LogP contribution >= 0.6 is 39.5 Å². The molecule has 20 heavy (non-hydrogen) atoms. The fourth-order valence-electron chi connectivity index (χ4n) is 2.14. The van der Waals surface area contributed by atoms with Crippen molar-refractivity contribution >= 4 is 50.3 Å². The van der Waals surface area contributed by atoms with E-state index in [1.165, 1.54) is 4.88 Å². The molecule has 0 saturated carbocycles. The molecule has 2 aromatic heterocycles. The lowest BCUT2D eigenvalue weighted by molar-refractivity contribution is 0.901. The van der Waals surface area contributed by atoms with E-state index >= 15 is 0 Å². The van der Waals surface area contributed by atoms with Crippen molar-refractivity contribution in [1.82, 2.24) is 4.98 Å². The zero-order valence-corrected chi connectivity index (χ0v) is 14.8. The largest absolute Gasteiger partial charge is 0.389 e. The Bertz CT molecular complexity index is 652. The van der Waals surface area contributed by atoms with Gasteiger partial charge in [-0.1, -0.05) is 12.2 Å². The maximum absolute atomic E-state index is 5.86. The summed E-state index contributed by atoms with van der Waals surface area (Å²) in [5.41, 5.74) is 8.76. The first-order valence-electron chi connectivity index (χ1n) is 6.10. The highest BCUT2D eigenvalue weighted by Gasteiger charge is 2.15. The highest BCUT2D eigenvalue weighted by Crippen LogP contribution is 2.26. The van der Waals surface area contributed by atoms with E-state index < -0.39 is 0 Å². The van der Waals surface area contributed by atoms with Gasteiger partial charge in [0.05, 0.1) is 12.1 Å². The van der Waals surface area contributed by atoms with Gasteiger partial charge in [-0.3, -0.25) is 0 Å². The minimum atomic E-state index is 0.393. The number of nitrogens with zero attached hydrogens (tertiary/aromatic N) is 2. The third-order valence-electron chi connectivity index (χ3n) is 2.95. The monoisotopic (exact) mass is 369 g/mol. The molecule has 0 bridgehead atoms. The summed E-state index contributed by atoms with van der Waals surface area (Å²) in [6.45, 7) is 4.78. The highest BCUT2D eigenvalue weighted by atomic mass is 79.9. The van der Waals surface area contributed by atoms with E-state index in [0.29, 0.717) is 4.99 Å². The van der Waals surface area contributed by atoms with Crippen molar-refractivity contribution in [3.05, 3.63) is 43.7 Å². The number of hydrogen-bond acceptors (Lipinski definition) is 4. The van der Waals surface area contributed by atoms with Crippen molar-refractivity contribution in [1.29, 1.82) is 0 Å². The lowest BCUT2D eigenvalue weighted by Gasteiger charge is -2.22. The second-order valence-corrected chi connectivity index (χ2v) is 7.08. The van der Waals surface area contributed by atoms with Crippen molar-refractivity contribution in [2.75, 3.05) is 11.9 Å². The molecule has 2 aromatic rings. The molecule has 0 amide bonds. The molecule has 2 rings (SSSR count). The number of aromatic nitrogens is 1. The quantitative estimate of drug-likeness (QED) is 0.832. The molecule has 3 nitrogen and oxygen atoms in total. The van der Waals surface area contributed by atoms with Gasteiger partial charge in [0.15, 0.2) is 0 Å². The Balaban J connectivity index is 2.38. The summed E-state index contributed by atoms with van der Waals surface area (Å²) in [6.07, 6.45) is 0. The van der Waals surface area contributed by atoms with Gasteiger partial charge in [-0.25, -0.2) is 4.98 Å². The van der Waals surface area contributed by atoms with Crippen molar-refractivity contribution in [2.45, 2.75) is 20.4 Å². The van der Waals surface area contributed by atoms with Crippen LogP contribution < -0.4 is 10.6 Å². The molecule has 0 saturated heterocycles. The molecular formula is C14H16BrN3S2. The molecule has 0 aliphatic carbocycles. The molecule has 0 aliphatic rings. The van der Waals surface area contributed by atoms with Crippen molar-refractivity contribution in [3.8, 4) is 0 Å². The third kappa shape index (κ3) is 3.37. The van der Waals surface area contributed by atoms with Crippen LogP contribution in [0.1, 0.15) is 21.7 Å². The Labute approximate surface area is 136 Å². The zero-order chi connectivity index (χ0) is 14.9. The van der Waals surface area contributed by atoms with Crippen molar-refractivity contribution in [2.24, 2.45) is 5.73 Å². The molecule has 6 heteroatoms. The van der Waals surface area contributed by atoms with Crippen LogP contribution in [0.15, 0.2) is 22.0 Å². The fourth-order valence-corrected chi connectivity index (χ4v) is 3.90. The van der Waals surface area contributed by atoms with E-state index in [1.807, 2.05) is 27.0 Å². The molecule has 0 atom stereocenters. The maximum atomic E-state index is 5.86. The maximum Gasteiger partial charge on any atom is 0.139 e. The van der Waals surface area contributed by atoms with Crippen LogP contribution in [0.4, 0.5) is 5.82 Å². The van der Waals surface area contributed by atoms with Crippen LogP contribution in [0.5, 0.6) is 0 Å². The van der Waals surface area contributed by atoms with E-state index in [1.54, 1.807) is 11.3 Å². The van der Waals surface area contributed by atoms with Gasteiger partial charge in [-0.05, 0) is 47.5 Å². The second kappa shape index (κ2) is 6.20. The topological polar surface area (TPSA) is 42.1 Å². The Hall–Kier alpha value is -0.980. The number of halogens is 1. The number of rotatable bonds is 4. The molecule has 0 aromatic carbocycles. The first kappa shape index (κ1) is 15.4. The highest BCUT2D eigenvalue weighted by molar-refractivity contribution is 9.10. The average molecular weight is 370 g/mol. The number of anilines is 1. The van der Waals surface area contributed by atoms with Gasteiger partial charge in [0.2, 0.25) is 0 Å². The average Bonchev–Trinajstić information content (AvgIpc) is 2.72. The number of aryl methyl sites for hydroxylation is 2. The molecule has 106 valence electrons. The molecular weight excluding hydrogens is 354 g/mol. The number of nitrogens with two attached hydrogens (primary N) is 1. The van der Waals surface area contributed by atoms with Gasteiger partial charge < -0.3 is 10.6 Å². The second-order valence-electron chi connectivity index (χ2n) is 4.73. The number of hydrogen-bond donors (Lipinski definition) is 1. The fraction of sp³-hybridized carbons (Fsp3) is 0.286. The smallest absolute Gasteiger partial charge is 0.139 e. The lowest BCUT2D eigenvalue weighted by atomic mass is 10.1. The standard InChI is InChI=1S/C14H16BrN3S2/c1-8-4-9(2)17-14(12(8)13(16)19)18(3)6-11-5-10(15)7-20-11/h4-5,7H,6H2,1-3H3,(H2,16,19). The first-order valence-corrected chi connectivity index (χ1v) is 8.18. The minimum absolute atomic E-state index is 0.393. The molecule has 0 radical (unpaired) electrons. The van der Waals surface area contributed by atoms with Gasteiger partial charge >= 0.3 is 0 Å². The summed E-state index contributed by atoms with van der Waals surface area (Å²) in [6, 6.07) is 4.12. The van der Waals surface area contributed by atoms with Gasteiger partial charge in [0, 0.05) is 27.5 Å². The van der Waals surface area contributed by atoms with Crippen molar-refractivity contribution in [3.63, 3.8) is 0 Å². The number of thiocarbonyl (C=S) groups is 1. The summed E-state index contributed by atoms with van der Waals surface area (Å²) in [4.78, 5) is 8.35. The summed E-state index contributed by atoms with van der Waals surface area (Å²) in [7, 11) is 2.01. The van der Waals surface area contributed by atoms with Gasteiger partial charge in [-0.2, -0.15) is 0 Å². The van der Waals surface area contributed by atoms with E-state index in [9.17, 15) is 0 Å². The summed E-state index contributed by atoms with van der Waals surface area (Å²) in [5.74, 6) is 0.847. The Morgan fingerprint density at radius 3 is 2.70 bits per heavy atom. The van der Waals surface area contributed by atoms with Gasteiger partial charge in [0.25, 0.3) is 0 Å². The zero-order valence-electron chi connectivity index (χ0n) is 11.6. The Morgan fingerprint density at radius 2 is 2.15 bits per heavy atom. The predicted octanol–water partition coefficient (Wildman–Crippen LogP) is 3.79. The summed E-state index contributed by atoms with van der Waals surface area (Å²) >= 11 is 10.4. The normalized spacial score (nSPS) is 10.6. The third-order valence-corrected chi connectivity index (χ3v) is 4.83. The molecule has 0 spiro atoms. The molecule has 0 aliphatic heterocycles. The van der Waals surface area contributed by atoms with Crippen LogP contribution in [0.2, 0.25) is 0 Å². The molecule has 2 heterocycles. The van der Waals surface area contributed by atoms with Crippen LogP contribution in [0, 0.1) is 13.8 Å². The molecule has 2 N–H and O–H groups in total. The van der Waals surface area contributed by atoms with E-state index in [0.717, 1.165) is 33.7 Å². The summed E-state index contributed by atoms with van der Waals surface area (Å²) in [5, 5.41) is 2.08. The first-order chi connectivity index (χ1) is 9.38. The van der Waals surface area contributed by atoms with Crippen LogP contribution in [0.25, 0.3) is 0 Å². The molecule has 0 unspecified atom stereocenters. The van der Waals surface area contributed by atoms with E-state index in [4.69, 9.17) is 18.0 Å². The summed E-state index contributed by atoms with van der Waals surface area (Å²) < 4.78 is 1.11. The van der Waals surface area contributed by atoms with Gasteiger partial charge in [-0.15, -0.1) is 11.3 Å². The van der Waals surface area contributed by atoms with Crippen LogP contribution in [-0.2, 0) is 6.54 Å². The van der Waals surface area contributed by atoms with Crippen molar-refractivity contribution < 1.29 is 0 Å². The number of thiophene rings is 1. The lowest BCUT2D eigenvalue weighted by Crippen LogP contribution is -2.23. The molecule has 0 fully saturated rings. The van der Waals surface area contributed by atoms with Crippen LogP contribution in [0.3, 0.4) is 0 Å². The van der Waals surface area contributed by atoms with Gasteiger partial charge in [0.1, 0.15) is 10.8 Å². The van der Waals surface area contributed by atoms with E-state index in [-0.39, 0.29) is 0 Å². The Kier molecular flexibility index (Phi) is 4.78. The predicted molar refractivity (Wildman–Crippen MR) is 93.7 cm³/mol.